The molecule has 0 aliphatic carbocycles. The lowest BCUT2D eigenvalue weighted by molar-refractivity contribution is 0.102. The first-order chi connectivity index (χ1) is 15.2. The molecule has 0 bridgehead atoms. The molecule has 0 saturated carbocycles. The largest absolute Gasteiger partial charge is 0.438 e. The smallest absolute Gasteiger partial charge is 0.262 e. The molecular formula is C22H15N5O2S2. The van der Waals surface area contributed by atoms with E-state index in [0.717, 1.165) is 9.90 Å². The highest BCUT2D eigenvalue weighted by Crippen LogP contribution is 2.29. The number of hydrogen-bond acceptors (Lipinski definition) is 8. The van der Waals surface area contributed by atoms with Crippen LogP contribution in [0.15, 0.2) is 77.3 Å². The summed E-state index contributed by atoms with van der Waals surface area (Å²) in [6.45, 7) is 0. The first-order valence-electron chi connectivity index (χ1n) is 9.16. The number of nitrogens with zero attached hydrogens (tertiary/aromatic N) is 4. The summed E-state index contributed by atoms with van der Waals surface area (Å²) in [5.41, 5.74) is 2.00. The van der Waals surface area contributed by atoms with E-state index in [0.29, 0.717) is 27.8 Å². The molecule has 0 fully saturated rings. The van der Waals surface area contributed by atoms with Crippen molar-refractivity contribution in [1.82, 2.24) is 15.2 Å². The molecule has 152 valence electrons. The Morgan fingerprint density at radius 1 is 1.06 bits per heavy atom. The van der Waals surface area contributed by atoms with Crippen molar-refractivity contribution in [2.24, 2.45) is 0 Å². The van der Waals surface area contributed by atoms with Crippen molar-refractivity contribution in [2.45, 2.75) is 10.1 Å². The number of carbonyl (C=O) groups excluding carboxylic acids is 1. The summed E-state index contributed by atoms with van der Waals surface area (Å²) in [5, 5.41) is 20.2. The summed E-state index contributed by atoms with van der Waals surface area (Å²) in [5.74, 6) is 1.11. The summed E-state index contributed by atoms with van der Waals surface area (Å²) < 4.78 is 6.48. The standard InChI is InChI=1S/C22H15N5O2S2/c23-13-15-8-10-16(11-9-15)14-30-22-27-26-21(31-22)25-19(28)18-7-4-12-24-20(18)29-17-5-2-1-3-6-17/h1-12H,14H2,(H,25,26,28). The maximum absolute atomic E-state index is 12.7. The zero-order valence-corrected chi connectivity index (χ0v) is 17.7. The predicted octanol–water partition coefficient (Wildman–Crippen LogP) is 5.14. The van der Waals surface area contributed by atoms with Crippen LogP contribution in [0.1, 0.15) is 21.5 Å². The number of thioether (sulfide) groups is 1. The maximum Gasteiger partial charge on any atom is 0.262 e. The lowest BCUT2D eigenvalue weighted by Crippen LogP contribution is -2.13. The summed E-state index contributed by atoms with van der Waals surface area (Å²) in [4.78, 5) is 16.9. The van der Waals surface area contributed by atoms with Crippen LogP contribution in [0, 0.1) is 11.3 Å². The molecule has 7 nitrogen and oxygen atoms in total. The number of para-hydroxylation sites is 1. The Morgan fingerprint density at radius 3 is 2.65 bits per heavy atom. The number of benzene rings is 2. The molecule has 4 aromatic rings. The highest BCUT2D eigenvalue weighted by atomic mass is 32.2. The first-order valence-corrected chi connectivity index (χ1v) is 11.0. The second kappa shape index (κ2) is 9.84. The van der Waals surface area contributed by atoms with Gasteiger partial charge in [0.1, 0.15) is 11.3 Å². The van der Waals surface area contributed by atoms with Crippen LogP contribution < -0.4 is 10.1 Å². The monoisotopic (exact) mass is 445 g/mol. The van der Waals surface area contributed by atoms with E-state index in [-0.39, 0.29) is 11.8 Å². The maximum atomic E-state index is 12.7. The van der Waals surface area contributed by atoms with E-state index in [2.05, 4.69) is 26.6 Å². The third-order valence-corrected chi connectivity index (χ3v) is 6.09. The van der Waals surface area contributed by atoms with Crippen LogP contribution in [-0.4, -0.2) is 21.1 Å². The van der Waals surface area contributed by atoms with E-state index in [1.165, 1.54) is 23.1 Å². The normalized spacial score (nSPS) is 10.3. The third kappa shape index (κ3) is 5.45. The number of amides is 1. The van der Waals surface area contributed by atoms with Gasteiger partial charge in [0.15, 0.2) is 4.34 Å². The molecule has 0 saturated heterocycles. The summed E-state index contributed by atoms with van der Waals surface area (Å²) in [6, 6.07) is 21.9. The molecule has 0 aliphatic heterocycles. The van der Waals surface area contributed by atoms with Gasteiger partial charge in [-0.2, -0.15) is 5.26 Å². The van der Waals surface area contributed by atoms with Gasteiger partial charge in [0.2, 0.25) is 11.0 Å². The molecule has 1 amide bonds. The second-order valence-corrected chi connectivity index (χ2v) is 8.40. The molecule has 2 aromatic heterocycles. The molecule has 0 unspecified atom stereocenters. The van der Waals surface area contributed by atoms with Crippen LogP contribution in [0.2, 0.25) is 0 Å². The number of aromatic nitrogens is 3. The number of nitrogens with one attached hydrogen (secondary N) is 1. The topological polar surface area (TPSA) is 101 Å². The van der Waals surface area contributed by atoms with Crippen LogP contribution in [0.25, 0.3) is 0 Å². The fourth-order valence-corrected chi connectivity index (χ4v) is 4.25. The fourth-order valence-electron chi connectivity index (χ4n) is 2.55. The second-order valence-electron chi connectivity index (χ2n) is 6.20. The van der Waals surface area contributed by atoms with E-state index in [1.807, 2.05) is 30.3 Å². The van der Waals surface area contributed by atoms with Crippen molar-refractivity contribution in [1.29, 1.82) is 5.26 Å². The van der Waals surface area contributed by atoms with E-state index in [9.17, 15) is 4.79 Å². The number of hydrogen-bond donors (Lipinski definition) is 1. The van der Waals surface area contributed by atoms with Crippen molar-refractivity contribution in [2.75, 3.05) is 5.32 Å². The first kappa shape index (κ1) is 20.5. The van der Waals surface area contributed by atoms with Gasteiger partial charge in [-0.05, 0) is 42.0 Å². The van der Waals surface area contributed by atoms with Crippen LogP contribution >= 0.6 is 23.1 Å². The van der Waals surface area contributed by atoms with E-state index in [4.69, 9.17) is 10.00 Å². The Bertz CT molecular complexity index is 1220. The molecule has 2 aromatic carbocycles. The quantitative estimate of drug-likeness (QED) is 0.310. The Labute approximate surface area is 186 Å². The lowest BCUT2D eigenvalue weighted by Gasteiger charge is -2.08. The van der Waals surface area contributed by atoms with Crippen LogP contribution in [0.4, 0.5) is 5.13 Å². The minimum atomic E-state index is -0.376. The zero-order valence-electron chi connectivity index (χ0n) is 16.1. The van der Waals surface area contributed by atoms with Crippen LogP contribution in [0.3, 0.4) is 0 Å². The number of pyridine rings is 1. The Morgan fingerprint density at radius 2 is 1.87 bits per heavy atom. The Balaban J connectivity index is 1.39. The average Bonchev–Trinajstić information content (AvgIpc) is 3.26. The minimum Gasteiger partial charge on any atom is -0.438 e. The van der Waals surface area contributed by atoms with Crippen LogP contribution in [-0.2, 0) is 5.75 Å². The van der Waals surface area contributed by atoms with E-state index < -0.39 is 0 Å². The number of rotatable bonds is 7. The van der Waals surface area contributed by atoms with Crippen molar-refractivity contribution in [3.05, 3.63) is 89.6 Å². The van der Waals surface area contributed by atoms with Gasteiger partial charge in [-0.1, -0.05) is 53.4 Å². The third-order valence-electron chi connectivity index (χ3n) is 4.05. The Hall–Kier alpha value is -3.74. The van der Waals surface area contributed by atoms with Gasteiger partial charge in [0, 0.05) is 11.9 Å². The average molecular weight is 446 g/mol. The van der Waals surface area contributed by atoms with Gasteiger partial charge in [0.05, 0.1) is 11.6 Å². The van der Waals surface area contributed by atoms with Crippen molar-refractivity contribution < 1.29 is 9.53 Å². The molecule has 31 heavy (non-hydrogen) atoms. The highest BCUT2D eigenvalue weighted by molar-refractivity contribution is 8.00. The molecule has 0 aliphatic rings. The SMILES string of the molecule is N#Cc1ccc(CSc2nnc(NC(=O)c3cccnc3Oc3ccccc3)s2)cc1. The summed E-state index contributed by atoms with van der Waals surface area (Å²) >= 11 is 2.80. The molecule has 2 heterocycles. The van der Waals surface area contributed by atoms with Gasteiger partial charge in [-0.3, -0.25) is 10.1 Å². The summed E-state index contributed by atoms with van der Waals surface area (Å²) in [6.07, 6.45) is 1.57. The van der Waals surface area contributed by atoms with E-state index in [1.54, 1.807) is 42.6 Å². The molecule has 1 N–H and O–H groups in total. The van der Waals surface area contributed by atoms with Gasteiger partial charge in [-0.25, -0.2) is 4.98 Å². The molecule has 0 atom stereocenters. The fraction of sp³-hybridized carbons (Fsp3) is 0.0455. The Kier molecular flexibility index (Phi) is 6.52. The summed E-state index contributed by atoms with van der Waals surface area (Å²) in [7, 11) is 0. The van der Waals surface area contributed by atoms with Crippen molar-refractivity contribution in [3.8, 4) is 17.7 Å². The lowest BCUT2D eigenvalue weighted by atomic mass is 10.2. The van der Waals surface area contributed by atoms with Gasteiger partial charge < -0.3 is 4.74 Å². The molecular weight excluding hydrogens is 430 g/mol. The molecule has 4 rings (SSSR count). The molecule has 9 heteroatoms. The van der Waals surface area contributed by atoms with Gasteiger partial charge in [-0.15, -0.1) is 10.2 Å². The molecule has 0 spiro atoms. The van der Waals surface area contributed by atoms with Crippen molar-refractivity contribution in [3.63, 3.8) is 0 Å². The number of carbonyl (C=O) groups is 1. The minimum absolute atomic E-state index is 0.214. The number of anilines is 1. The highest BCUT2D eigenvalue weighted by Gasteiger charge is 2.16. The predicted molar refractivity (Wildman–Crippen MR) is 119 cm³/mol. The number of ether oxygens (including phenoxy) is 1. The molecule has 0 radical (unpaired) electrons. The van der Waals surface area contributed by atoms with E-state index >= 15 is 0 Å². The van der Waals surface area contributed by atoms with Gasteiger partial charge in [0.25, 0.3) is 5.91 Å². The van der Waals surface area contributed by atoms with Crippen molar-refractivity contribution >= 4 is 34.1 Å². The zero-order chi connectivity index (χ0) is 21.5. The number of nitriles is 1. The van der Waals surface area contributed by atoms with Crippen LogP contribution in [0.5, 0.6) is 11.6 Å². The van der Waals surface area contributed by atoms with Gasteiger partial charge >= 0.3 is 0 Å².